The zero-order valence-electron chi connectivity index (χ0n) is 9.76. The van der Waals surface area contributed by atoms with Crippen LogP contribution in [0, 0.1) is 13.8 Å². The van der Waals surface area contributed by atoms with Gasteiger partial charge in [0.2, 0.25) is 0 Å². The normalized spacial score (nSPS) is 15.4. The van der Waals surface area contributed by atoms with Crippen LogP contribution in [0.2, 0.25) is 0 Å². The van der Waals surface area contributed by atoms with Crippen molar-refractivity contribution in [3.8, 4) is 5.75 Å². The third-order valence-corrected chi connectivity index (χ3v) is 2.94. The molecule has 1 aromatic carbocycles. The lowest BCUT2D eigenvalue weighted by atomic mass is 10.0. The molecule has 0 unspecified atom stereocenters. The standard InChI is InChI=1S/C13H19NO/c1-9-6-10(2)12(13(7-9)15-3)8-14-11-4-5-11/h6-7,11,14H,4-5,8H2,1-3H3. The average molecular weight is 205 g/mol. The number of hydrogen-bond acceptors (Lipinski definition) is 2. The molecule has 1 fully saturated rings. The van der Waals surface area contributed by atoms with Gasteiger partial charge >= 0.3 is 0 Å². The van der Waals surface area contributed by atoms with Gasteiger partial charge in [-0.1, -0.05) is 6.07 Å². The van der Waals surface area contributed by atoms with Gasteiger partial charge < -0.3 is 10.1 Å². The van der Waals surface area contributed by atoms with Gasteiger partial charge in [-0.05, 0) is 43.9 Å². The fourth-order valence-corrected chi connectivity index (χ4v) is 1.90. The largest absolute Gasteiger partial charge is 0.496 e. The minimum absolute atomic E-state index is 0.746. The van der Waals surface area contributed by atoms with Gasteiger partial charge in [0, 0.05) is 18.2 Å². The van der Waals surface area contributed by atoms with Crippen LogP contribution in [0.3, 0.4) is 0 Å². The molecule has 1 aliphatic rings. The van der Waals surface area contributed by atoms with Crippen LogP contribution in [0.1, 0.15) is 29.5 Å². The number of benzene rings is 1. The molecule has 2 heteroatoms. The molecule has 1 aromatic rings. The molecule has 0 radical (unpaired) electrons. The first-order valence-corrected chi connectivity index (χ1v) is 5.58. The molecule has 2 nitrogen and oxygen atoms in total. The maximum Gasteiger partial charge on any atom is 0.123 e. The van der Waals surface area contributed by atoms with Crippen molar-refractivity contribution in [1.29, 1.82) is 0 Å². The lowest BCUT2D eigenvalue weighted by molar-refractivity contribution is 0.406. The molecule has 15 heavy (non-hydrogen) atoms. The summed E-state index contributed by atoms with van der Waals surface area (Å²) < 4.78 is 5.42. The molecular formula is C13H19NO. The lowest BCUT2D eigenvalue weighted by Crippen LogP contribution is -2.16. The Kier molecular flexibility index (Phi) is 2.96. The van der Waals surface area contributed by atoms with E-state index in [0.717, 1.165) is 18.3 Å². The molecule has 0 saturated heterocycles. The van der Waals surface area contributed by atoms with Gasteiger partial charge in [-0.3, -0.25) is 0 Å². The summed E-state index contributed by atoms with van der Waals surface area (Å²) in [7, 11) is 1.74. The van der Waals surface area contributed by atoms with E-state index in [1.165, 1.54) is 29.5 Å². The number of hydrogen-bond donors (Lipinski definition) is 1. The van der Waals surface area contributed by atoms with Crippen LogP contribution in [-0.4, -0.2) is 13.2 Å². The van der Waals surface area contributed by atoms with Crippen molar-refractivity contribution >= 4 is 0 Å². The Morgan fingerprint density at radius 2 is 2.07 bits per heavy atom. The molecule has 0 aliphatic heterocycles. The van der Waals surface area contributed by atoms with Gasteiger partial charge in [-0.2, -0.15) is 0 Å². The third kappa shape index (κ3) is 2.51. The highest BCUT2D eigenvalue weighted by Gasteiger charge is 2.21. The summed E-state index contributed by atoms with van der Waals surface area (Å²) in [6.45, 7) is 5.19. The van der Waals surface area contributed by atoms with Crippen molar-refractivity contribution in [2.75, 3.05) is 7.11 Å². The van der Waals surface area contributed by atoms with Crippen LogP contribution in [0.15, 0.2) is 12.1 Å². The summed E-state index contributed by atoms with van der Waals surface area (Å²) in [4.78, 5) is 0. The quantitative estimate of drug-likeness (QED) is 0.815. The van der Waals surface area contributed by atoms with Gasteiger partial charge in [0.05, 0.1) is 7.11 Å². The molecule has 82 valence electrons. The predicted molar refractivity (Wildman–Crippen MR) is 62.3 cm³/mol. The smallest absolute Gasteiger partial charge is 0.123 e. The minimum Gasteiger partial charge on any atom is -0.496 e. The summed E-state index contributed by atoms with van der Waals surface area (Å²) in [5.74, 6) is 1.01. The third-order valence-electron chi connectivity index (χ3n) is 2.94. The second kappa shape index (κ2) is 4.23. The van der Waals surface area contributed by atoms with Crippen molar-refractivity contribution in [2.24, 2.45) is 0 Å². The molecule has 0 heterocycles. The highest BCUT2D eigenvalue weighted by Crippen LogP contribution is 2.26. The Morgan fingerprint density at radius 1 is 1.33 bits per heavy atom. The Hall–Kier alpha value is -1.02. The van der Waals surface area contributed by atoms with E-state index in [2.05, 4.69) is 31.3 Å². The number of ether oxygens (including phenoxy) is 1. The van der Waals surface area contributed by atoms with E-state index >= 15 is 0 Å². The SMILES string of the molecule is COc1cc(C)cc(C)c1CNC1CC1. The summed E-state index contributed by atoms with van der Waals surface area (Å²) >= 11 is 0. The van der Waals surface area contributed by atoms with Gasteiger partial charge in [0.25, 0.3) is 0 Å². The summed E-state index contributed by atoms with van der Waals surface area (Å²) in [5.41, 5.74) is 3.88. The molecule has 0 amide bonds. The highest BCUT2D eigenvalue weighted by atomic mass is 16.5. The van der Waals surface area contributed by atoms with E-state index < -0.39 is 0 Å². The van der Waals surface area contributed by atoms with Crippen LogP contribution < -0.4 is 10.1 Å². The van der Waals surface area contributed by atoms with E-state index in [4.69, 9.17) is 4.74 Å². The van der Waals surface area contributed by atoms with Crippen LogP contribution in [0.4, 0.5) is 0 Å². The molecule has 2 rings (SSSR count). The van der Waals surface area contributed by atoms with Crippen LogP contribution in [0.25, 0.3) is 0 Å². The molecule has 0 spiro atoms. The Bertz CT molecular complexity index is 356. The molecule has 1 N–H and O–H groups in total. The van der Waals surface area contributed by atoms with Gasteiger partial charge in [0.15, 0.2) is 0 Å². The Labute approximate surface area is 91.6 Å². The molecule has 1 aliphatic carbocycles. The molecule has 0 bridgehead atoms. The van der Waals surface area contributed by atoms with Crippen molar-refractivity contribution in [2.45, 2.75) is 39.3 Å². The zero-order chi connectivity index (χ0) is 10.8. The number of nitrogens with one attached hydrogen (secondary N) is 1. The van der Waals surface area contributed by atoms with Crippen LogP contribution in [-0.2, 0) is 6.54 Å². The average Bonchev–Trinajstić information content (AvgIpc) is 2.99. The Morgan fingerprint density at radius 3 is 2.67 bits per heavy atom. The van der Waals surface area contributed by atoms with Gasteiger partial charge in [0.1, 0.15) is 5.75 Å². The molecule has 1 saturated carbocycles. The van der Waals surface area contributed by atoms with Crippen molar-refractivity contribution in [3.05, 3.63) is 28.8 Å². The summed E-state index contributed by atoms with van der Waals surface area (Å²) in [6, 6.07) is 5.07. The van der Waals surface area contributed by atoms with Crippen molar-refractivity contribution in [3.63, 3.8) is 0 Å². The minimum atomic E-state index is 0.746. The van der Waals surface area contributed by atoms with E-state index in [-0.39, 0.29) is 0 Å². The van der Waals surface area contributed by atoms with E-state index in [9.17, 15) is 0 Å². The Balaban J connectivity index is 2.17. The first kappa shape index (κ1) is 10.5. The lowest BCUT2D eigenvalue weighted by Gasteiger charge is -2.13. The van der Waals surface area contributed by atoms with E-state index in [0.29, 0.717) is 0 Å². The predicted octanol–water partition coefficient (Wildman–Crippen LogP) is 2.56. The summed E-state index contributed by atoms with van der Waals surface area (Å²) in [5, 5.41) is 3.53. The molecular weight excluding hydrogens is 186 g/mol. The molecule has 0 aromatic heterocycles. The molecule has 0 atom stereocenters. The number of methoxy groups -OCH3 is 1. The van der Waals surface area contributed by atoms with Crippen molar-refractivity contribution in [1.82, 2.24) is 5.32 Å². The maximum absolute atomic E-state index is 5.42. The zero-order valence-corrected chi connectivity index (χ0v) is 9.76. The monoisotopic (exact) mass is 205 g/mol. The van der Waals surface area contributed by atoms with Crippen molar-refractivity contribution < 1.29 is 4.74 Å². The fourth-order valence-electron chi connectivity index (χ4n) is 1.90. The number of aryl methyl sites for hydroxylation is 2. The van der Waals surface area contributed by atoms with Gasteiger partial charge in [-0.15, -0.1) is 0 Å². The first-order chi connectivity index (χ1) is 7.20. The maximum atomic E-state index is 5.42. The first-order valence-electron chi connectivity index (χ1n) is 5.58. The highest BCUT2D eigenvalue weighted by molar-refractivity contribution is 5.43. The topological polar surface area (TPSA) is 21.3 Å². The fraction of sp³-hybridized carbons (Fsp3) is 0.538. The van der Waals surface area contributed by atoms with Crippen LogP contribution >= 0.6 is 0 Å². The second-order valence-corrected chi connectivity index (χ2v) is 4.42. The number of rotatable bonds is 4. The second-order valence-electron chi connectivity index (χ2n) is 4.42. The van der Waals surface area contributed by atoms with E-state index in [1.54, 1.807) is 7.11 Å². The summed E-state index contributed by atoms with van der Waals surface area (Å²) in [6.07, 6.45) is 2.65. The van der Waals surface area contributed by atoms with Crippen LogP contribution in [0.5, 0.6) is 5.75 Å². The van der Waals surface area contributed by atoms with E-state index in [1.807, 2.05) is 0 Å². The van der Waals surface area contributed by atoms with Gasteiger partial charge in [-0.25, -0.2) is 0 Å².